The van der Waals surface area contributed by atoms with Gasteiger partial charge in [-0.1, -0.05) is 0 Å². The summed E-state index contributed by atoms with van der Waals surface area (Å²) < 4.78 is 43.6. The molecular formula is C19H21N3O5S. The van der Waals surface area contributed by atoms with Crippen LogP contribution in [0.25, 0.3) is 11.7 Å². The molecule has 0 spiro atoms. The zero-order valence-corrected chi connectivity index (χ0v) is 16.5. The largest absolute Gasteiger partial charge is 0.496 e. The van der Waals surface area contributed by atoms with Crippen molar-refractivity contribution in [3.8, 4) is 17.4 Å². The lowest BCUT2D eigenvalue weighted by atomic mass is 9.98. The van der Waals surface area contributed by atoms with Crippen molar-refractivity contribution in [1.29, 1.82) is 0 Å². The first-order valence-corrected chi connectivity index (χ1v) is 10.4. The number of ether oxygens (including phenoxy) is 1. The quantitative estimate of drug-likeness (QED) is 0.645. The molecule has 0 bridgehead atoms. The number of sulfonamides is 1. The van der Waals surface area contributed by atoms with Gasteiger partial charge in [-0.05, 0) is 55.7 Å². The lowest BCUT2D eigenvalue weighted by Crippen LogP contribution is -2.38. The first kappa shape index (κ1) is 18.7. The van der Waals surface area contributed by atoms with Crippen molar-refractivity contribution in [1.82, 2.24) is 14.5 Å². The lowest BCUT2D eigenvalue weighted by Gasteiger charge is -2.29. The van der Waals surface area contributed by atoms with Crippen molar-refractivity contribution in [2.24, 2.45) is 0 Å². The van der Waals surface area contributed by atoms with Gasteiger partial charge in [-0.25, -0.2) is 8.42 Å². The predicted molar refractivity (Wildman–Crippen MR) is 100 cm³/mol. The molecule has 0 aliphatic carbocycles. The highest BCUT2D eigenvalue weighted by Crippen LogP contribution is 2.32. The summed E-state index contributed by atoms with van der Waals surface area (Å²) in [6.45, 7) is 2.63. The van der Waals surface area contributed by atoms with Crippen LogP contribution in [-0.2, 0) is 10.0 Å². The Kier molecular flexibility index (Phi) is 4.94. The van der Waals surface area contributed by atoms with E-state index in [9.17, 15) is 8.42 Å². The Morgan fingerprint density at radius 2 is 1.96 bits per heavy atom. The molecule has 8 nitrogen and oxygen atoms in total. The molecule has 0 unspecified atom stereocenters. The van der Waals surface area contributed by atoms with Crippen LogP contribution in [0.1, 0.15) is 30.2 Å². The second-order valence-electron chi connectivity index (χ2n) is 6.73. The number of aryl methyl sites for hydroxylation is 1. The SMILES string of the molecule is COc1ccc(S(=O)(=O)N2CCC(c3nnc(-c4ccco4)o3)CC2)cc1C. The van der Waals surface area contributed by atoms with Gasteiger partial charge in [0.2, 0.25) is 15.9 Å². The summed E-state index contributed by atoms with van der Waals surface area (Å²) >= 11 is 0. The summed E-state index contributed by atoms with van der Waals surface area (Å²) in [4.78, 5) is 0.280. The molecule has 1 aliphatic heterocycles. The second kappa shape index (κ2) is 7.40. The van der Waals surface area contributed by atoms with Gasteiger partial charge in [-0.15, -0.1) is 10.2 Å². The smallest absolute Gasteiger partial charge is 0.283 e. The molecule has 1 saturated heterocycles. The third kappa shape index (κ3) is 3.43. The minimum Gasteiger partial charge on any atom is -0.496 e. The van der Waals surface area contributed by atoms with Crippen molar-refractivity contribution in [2.75, 3.05) is 20.2 Å². The number of hydrogen-bond donors (Lipinski definition) is 0. The Labute approximate surface area is 163 Å². The fourth-order valence-electron chi connectivity index (χ4n) is 3.40. The van der Waals surface area contributed by atoms with Crippen LogP contribution in [0.15, 0.2) is 50.3 Å². The molecule has 0 N–H and O–H groups in total. The molecule has 4 rings (SSSR count). The van der Waals surface area contributed by atoms with E-state index >= 15 is 0 Å². The van der Waals surface area contributed by atoms with E-state index < -0.39 is 10.0 Å². The van der Waals surface area contributed by atoms with E-state index in [4.69, 9.17) is 13.6 Å². The highest BCUT2D eigenvalue weighted by molar-refractivity contribution is 7.89. The number of hydrogen-bond acceptors (Lipinski definition) is 7. The number of rotatable bonds is 5. The minimum absolute atomic E-state index is 0.0280. The number of benzene rings is 1. The highest BCUT2D eigenvalue weighted by Gasteiger charge is 2.32. The van der Waals surface area contributed by atoms with E-state index in [1.807, 2.05) is 6.92 Å². The van der Waals surface area contributed by atoms with Crippen LogP contribution in [0.3, 0.4) is 0 Å². The minimum atomic E-state index is -3.55. The average Bonchev–Trinajstić information content (AvgIpc) is 3.39. The van der Waals surface area contributed by atoms with Crippen molar-refractivity contribution in [3.63, 3.8) is 0 Å². The molecule has 3 aromatic rings. The topological polar surface area (TPSA) is 98.7 Å². The van der Waals surface area contributed by atoms with Crippen LogP contribution in [0.2, 0.25) is 0 Å². The Hall–Kier alpha value is -2.65. The van der Waals surface area contributed by atoms with E-state index in [1.54, 1.807) is 43.7 Å². The van der Waals surface area contributed by atoms with Gasteiger partial charge in [0.05, 0.1) is 18.3 Å². The normalized spacial score (nSPS) is 16.4. The molecule has 0 radical (unpaired) electrons. The average molecular weight is 403 g/mol. The molecule has 148 valence electrons. The molecule has 3 heterocycles. The highest BCUT2D eigenvalue weighted by atomic mass is 32.2. The Balaban J connectivity index is 1.45. The summed E-state index contributed by atoms with van der Waals surface area (Å²) in [6, 6.07) is 8.42. The maximum atomic E-state index is 13.0. The molecule has 1 aliphatic rings. The van der Waals surface area contributed by atoms with Crippen LogP contribution in [0.4, 0.5) is 0 Å². The van der Waals surface area contributed by atoms with E-state index in [2.05, 4.69) is 10.2 Å². The van der Waals surface area contributed by atoms with Gasteiger partial charge < -0.3 is 13.6 Å². The van der Waals surface area contributed by atoms with Gasteiger partial charge in [0.1, 0.15) is 5.75 Å². The summed E-state index contributed by atoms with van der Waals surface area (Å²) in [5, 5.41) is 8.13. The third-order valence-corrected chi connectivity index (χ3v) is 6.87. The lowest BCUT2D eigenvalue weighted by molar-refractivity contribution is 0.290. The maximum absolute atomic E-state index is 13.0. The third-order valence-electron chi connectivity index (χ3n) is 4.98. The van der Waals surface area contributed by atoms with Gasteiger partial charge in [0.25, 0.3) is 5.89 Å². The Morgan fingerprint density at radius 3 is 2.61 bits per heavy atom. The van der Waals surface area contributed by atoms with Gasteiger partial charge in [-0.3, -0.25) is 0 Å². The number of furan rings is 1. The van der Waals surface area contributed by atoms with E-state index in [0.717, 1.165) is 5.56 Å². The standard InChI is InChI=1S/C19H21N3O5S/c1-13-12-15(5-6-16(13)25-2)28(23,24)22-9-7-14(8-10-22)18-20-21-19(27-18)17-4-3-11-26-17/h3-6,11-12,14H,7-10H2,1-2H3. The number of piperidine rings is 1. The van der Waals surface area contributed by atoms with E-state index in [1.165, 1.54) is 4.31 Å². The zero-order chi connectivity index (χ0) is 19.7. The number of methoxy groups -OCH3 is 1. The molecular weight excluding hydrogens is 382 g/mol. The van der Waals surface area contributed by atoms with Gasteiger partial charge in [0.15, 0.2) is 5.76 Å². The number of nitrogens with zero attached hydrogens (tertiary/aromatic N) is 3. The maximum Gasteiger partial charge on any atom is 0.283 e. The molecule has 9 heteroatoms. The monoisotopic (exact) mass is 403 g/mol. The summed E-state index contributed by atoms with van der Waals surface area (Å²) in [5.74, 6) is 2.07. The summed E-state index contributed by atoms with van der Waals surface area (Å²) in [6.07, 6.45) is 2.78. The van der Waals surface area contributed by atoms with Crippen molar-refractivity contribution in [3.05, 3.63) is 48.0 Å². The molecule has 0 saturated carbocycles. The van der Waals surface area contributed by atoms with Crippen molar-refractivity contribution >= 4 is 10.0 Å². The van der Waals surface area contributed by atoms with Gasteiger partial charge in [-0.2, -0.15) is 4.31 Å². The summed E-state index contributed by atoms with van der Waals surface area (Å²) in [7, 11) is -1.98. The van der Waals surface area contributed by atoms with Gasteiger partial charge in [0, 0.05) is 19.0 Å². The fourth-order valence-corrected chi connectivity index (χ4v) is 4.96. The molecule has 2 aromatic heterocycles. The predicted octanol–water partition coefficient (Wildman–Crippen LogP) is 3.21. The molecule has 1 aromatic carbocycles. The van der Waals surface area contributed by atoms with E-state index in [-0.39, 0.29) is 10.8 Å². The molecule has 0 atom stereocenters. The zero-order valence-electron chi connectivity index (χ0n) is 15.7. The van der Waals surface area contributed by atoms with E-state index in [0.29, 0.717) is 49.2 Å². The van der Waals surface area contributed by atoms with Crippen LogP contribution in [0, 0.1) is 6.92 Å². The Bertz CT molecular complexity index is 1050. The van der Waals surface area contributed by atoms with Gasteiger partial charge >= 0.3 is 0 Å². The summed E-state index contributed by atoms with van der Waals surface area (Å²) in [5.41, 5.74) is 0.787. The first-order chi connectivity index (χ1) is 13.5. The second-order valence-corrected chi connectivity index (χ2v) is 8.67. The fraction of sp³-hybridized carbons (Fsp3) is 0.368. The Morgan fingerprint density at radius 1 is 1.18 bits per heavy atom. The van der Waals surface area contributed by atoms with Crippen molar-refractivity contribution in [2.45, 2.75) is 30.6 Å². The molecule has 0 amide bonds. The molecule has 1 fully saturated rings. The molecule has 28 heavy (non-hydrogen) atoms. The van der Waals surface area contributed by atoms with Crippen LogP contribution >= 0.6 is 0 Å². The van der Waals surface area contributed by atoms with Crippen molar-refractivity contribution < 1.29 is 22.0 Å². The van der Waals surface area contributed by atoms with Crippen LogP contribution in [-0.4, -0.2) is 43.1 Å². The first-order valence-electron chi connectivity index (χ1n) is 9.01. The van der Waals surface area contributed by atoms with Crippen LogP contribution in [0.5, 0.6) is 5.75 Å². The van der Waals surface area contributed by atoms with Crippen LogP contribution < -0.4 is 4.74 Å². The number of aromatic nitrogens is 2.